The van der Waals surface area contributed by atoms with E-state index in [0.717, 1.165) is 37.1 Å². The van der Waals surface area contributed by atoms with Gasteiger partial charge in [0.15, 0.2) is 0 Å². The molecule has 0 bridgehead atoms. The van der Waals surface area contributed by atoms with Gasteiger partial charge in [0.25, 0.3) is 0 Å². The largest absolute Gasteiger partial charge is 0.384 e. The topological polar surface area (TPSA) is 49.4 Å². The highest BCUT2D eigenvalue weighted by molar-refractivity contribution is 7.89. The third-order valence-electron chi connectivity index (χ3n) is 4.71. The molecule has 1 aromatic rings. The van der Waals surface area contributed by atoms with Crippen LogP contribution in [-0.2, 0) is 16.4 Å². The summed E-state index contributed by atoms with van der Waals surface area (Å²) in [7, 11) is -3.36. The zero-order chi connectivity index (χ0) is 14.3. The number of hydrogen-bond acceptors (Lipinski definition) is 3. The van der Waals surface area contributed by atoms with Gasteiger partial charge in [-0.1, -0.05) is 6.92 Å². The van der Waals surface area contributed by atoms with Crippen LogP contribution in [0.5, 0.6) is 0 Å². The predicted molar refractivity (Wildman–Crippen MR) is 80.4 cm³/mol. The van der Waals surface area contributed by atoms with E-state index in [0.29, 0.717) is 17.4 Å². The smallest absolute Gasteiger partial charge is 0.243 e. The Morgan fingerprint density at radius 1 is 1.30 bits per heavy atom. The first-order chi connectivity index (χ1) is 9.50. The highest BCUT2D eigenvalue weighted by Gasteiger charge is 2.34. The molecule has 4 nitrogen and oxygen atoms in total. The van der Waals surface area contributed by atoms with Crippen molar-refractivity contribution in [3.8, 4) is 0 Å². The second-order valence-corrected chi connectivity index (χ2v) is 7.86. The van der Waals surface area contributed by atoms with Crippen molar-refractivity contribution in [2.45, 2.75) is 44.0 Å². The third kappa shape index (κ3) is 2.23. The number of hydrogen-bond donors (Lipinski definition) is 1. The van der Waals surface area contributed by atoms with Crippen molar-refractivity contribution in [2.75, 3.05) is 18.4 Å². The molecule has 0 aliphatic carbocycles. The minimum Gasteiger partial charge on any atom is -0.384 e. The van der Waals surface area contributed by atoms with Gasteiger partial charge >= 0.3 is 0 Å². The molecule has 1 fully saturated rings. The summed E-state index contributed by atoms with van der Waals surface area (Å²) in [5, 5.41) is 3.27. The molecule has 2 aliphatic rings. The van der Waals surface area contributed by atoms with Gasteiger partial charge in [0.05, 0.1) is 4.90 Å². The summed E-state index contributed by atoms with van der Waals surface area (Å²) in [6.45, 7) is 5.70. The zero-order valence-electron chi connectivity index (χ0n) is 12.1. The zero-order valence-corrected chi connectivity index (χ0v) is 12.9. The molecule has 5 heteroatoms. The fourth-order valence-corrected chi connectivity index (χ4v) is 5.03. The Bertz CT molecular complexity index is 612. The van der Waals surface area contributed by atoms with E-state index in [4.69, 9.17) is 0 Å². The van der Waals surface area contributed by atoms with Gasteiger partial charge in [0.1, 0.15) is 0 Å². The van der Waals surface area contributed by atoms with Crippen molar-refractivity contribution in [1.82, 2.24) is 4.31 Å². The predicted octanol–water partition coefficient (Wildman–Crippen LogP) is 2.46. The highest BCUT2D eigenvalue weighted by atomic mass is 32.2. The van der Waals surface area contributed by atoms with Crippen LogP contribution in [0.1, 0.15) is 32.3 Å². The van der Waals surface area contributed by atoms with E-state index >= 15 is 0 Å². The number of piperidine rings is 1. The van der Waals surface area contributed by atoms with Gasteiger partial charge in [-0.05, 0) is 55.9 Å². The monoisotopic (exact) mass is 294 g/mol. The molecular weight excluding hydrogens is 272 g/mol. The molecule has 0 aromatic heterocycles. The van der Waals surface area contributed by atoms with Gasteiger partial charge < -0.3 is 5.32 Å². The Balaban J connectivity index is 1.95. The maximum absolute atomic E-state index is 12.8. The third-order valence-corrected chi connectivity index (χ3v) is 6.69. The van der Waals surface area contributed by atoms with Crippen molar-refractivity contribution in [1.29, 1.82) is 0 Å². The lowest BCUT2D eigenvalue weighted by molar-refractivity contribution is 0.202. The molecule has 3 rings (SSSR count). The van der Waals surface area contributed by atoms with Crippen molar-refractivity contribution in [3.63, 3.8) is 0 Å². The first kappa shape index (κ1) is 13.9. The van der Waals surface area contributed by atoms with Crippen LogP contribution in [0.4, 0.5) is 5.69 Å². The van der Waals surface area contributed by atoms with Crippen LogP contribution in [0.2, 0.25) is 0 Å². The summed E-state index contributed by atoms with van der Waals surface area (Å²) in [4.78, 5) is 0.445. The van der Waals surface area contributed by atoms with Crippen molar-refractivity contribution < 1.29 is 8.42 Å². The standard InChI is InChI=1S/C15H22N2O2S/c1-11-4-3-9-17(12(11)2)20(18,19)14-5-6-15-13(10-14)7-8-16-15/h5-6,10-12,16H,3-4,7-9H2,1-2H3. The average Bonchev–Trinajstić information content (AvgIpc) is 2.89. The number of nitrogens with one attached hydrogen (secondary N) is 1. The van der Waals surface area contributed by atoms with Gasteiger partial charge in [0.2, 0.25) is 10.0 Å². The van der Waals surface area contributed by atoms with Crippen LogP contribution in [0, 0.1) is 5.92 Å². The van der Waals surface area contributed by atoms with Gasteiger partial charge in [-0.3, -0.25) is 0 Å². The molecule has 20 heavy (non-hydrogen) atoms. The molecule has 1 aromatic carbocycles. The van der Waals surface area contributed by atoms with E-state index in [1.807, 2.05) is 19.1 Å². The second-order valence-electron chi connectivity index (χ2n) is 5.97. The Morgan fingerprint density at radius 3 is 2.90 bits per heavy atom. The molecule has 1 saturated heterocycles. The van der Waals surface area contributed by atoms with Crippen molar-refractivity contribution in [2.24, 2.45) is 5.92 Å². The van der Waals surface area contributed by atoms with Crippen LogP contribution in [0.25, 0.3) is 0 Å². The van der Waals surface area contributed by atoms with Crippen LogP contribution in [-0.4, -0.2) is 31.9 Å². The number of sulfonamides is 1. The van der Waals surface area contributed by atoms with Gasteiger partial charge in [-0.15, -0.1) is 0 Å². The summed E-state index contributed by atoms with van der Waals surface area (Å²) in [5.74, 6) is 0.426. The molecule has 1 N–H and O–H groups in total. The van der Waals surface area contributed by atoms with Gasteiger partial charge in [0, 0.05) is 24.8 Å². The average molecular weight is 294 g/mol. The lowest BCUT2D eigenvalue weighted by Crippen LogP contribution is -2.45. The van der Waals surface area contributed by atoms with E-state index < -0.39 is 10.0 Å². The van der Waals surface area contributed by atoms with Gasteiger partial charge in [-0.25, -0.2) is 8.42 Å². The van der Waals surface area contributed by atoms with E-state index in [1.165, 1.54) is 0 Å². The summed E-state index contributed by atoms with van der Waals surface area (Å²) in [6.07, 6.45) is 2.98. The van der Waals surface area contributed by atoms with E-state index in [-0.39, 0.29) is 6.04 Å². The molecule has 0 spiro atoms. The van der Waals surface area contributed by atoms with Crippen molar-refractivity contribution >= 4 is 15.7 Å². The maximum atomic E-state index is 12.8. The summed E-state index contributed by atoms with van der Waals surface area (Å²) < 4.78 is 27.4. The number of nitrogens with zero attached hydrogens (tertiary/aromatic N) is 1. The SMILES string of the molecule is CC1CCCN(S(=O)(=O)c2ccc3c(c2)CCN3)C1C. The maximum Gasteiger partial charge on any atom is 0.243 e. The minimum absolute atomic E-state index is 0.0835. The summed E-state index contributed by atoms with van der Waals surface area (Å²) in [5.41, 5.74) is 2.19. The highest BCUT2D eigenvalue weighted by Crippen LogP contribution is 2.31. The fourth-order valence-electron chi connectivity index (χ4n) is 3.21. The Morgan fingerprint density at radius 2 is 2.10 bits per heavy atom. The molecule has 0 amide bonds. The molecule has 2 atom stereocenters. The van der Waals surface area contributed by atoms with Crippen LogP contribution in [0.15, 0.2) is 23.1 Å². The van der Waals surface area contributed by atoms with Gasteiger partial charge in [-0.2, -0.15) is 4.31 Å². The van der Waals surface area contributed by atoms with Crippen LogP contribution in [0.3, 0.4) is 0 Å². The quantitative estimate of drug-likeness (QED) is 0.911. The van der Waals surface area contributed by atoms with Crippen LogP contribution < -0.4 is 5.32 Å². The van der Waals surface area contributed by atoms with E-state index in [2.05, 4.69) is 12.2 Å². The lowest BCUT2D eigenvalue weighted by Gasteiger charge is -2.36. The number of anilines is 1. The molecule has 0 saturated carbocycles. The lowest BCUT2D eigenvalue weighted by atomic mass is 9.94. The molecule has 2 aliphatic heterocycles. The number of benzene rings is 1. The normalized spacial score (nSPS) is 27.1. The second kappa shape index (κ2) is 5.04. The summed E-state index contributed by atoms with van der Waals surface area (Å²) in [6, 6.07) is 5.56. The minimum atomic E-state index is -3.36. The number of rotatable bonds is 2. The van der Waals surface area contributed by atoms with Crippen LogP contribution >= 0.6 is 0 Å². The number of fused-ring (bicyclic) bond motifs is 1. The molecule has 0 radical (unpaired) electrons. The van der Waals surface area contributed by atoms with E-state index in [1.54, 1.807) is 10.4 Å². The molecule has 2 heterocycles. The first-order valence-corrected chi connectivity index (χ1v) is 8.83. The molecule has 110 valence electrons. The Labute approximate surface area is 121 Å². The van der Waals surface area contributed by atoms with E-state index in [9.17, 15) is 8.42 Å². The Kier molecular flexibility index (Phi) is 3.50. The first-order valence-electron chi connectivity index (χ1n) is 7.39. The van der Waals surface area contributed by atoms with Crippen molar-refractivity contribution in [3.05, 3.63) is 23.8 Å². The fraction of sp³-hybridized carbons (Fsp3) is 0.600. The Hall–Kier alpha value is -1.07. The summed E-state index contributed by atoms with van der Waals surface area (Å²) >= 11 is 0. The molecular formula is C15H22N2O2S. The molecule has 2 unspecified atom stereocenters.